The highest BCUT2D eigenvalue weighted by molar-refractivity contribution is 5.74. The van der Waals surface area contributed by atoms with Crippen molar-refractivity contribution < 1.29 is 15.0 Å². The predicted molar refractivity (Wildman–Crippen MR) is 140 cm³/mol. The van der Waals surface area contributed by atoms with Gasteiger partial charge >= 0.3 is 6.03 Å². The second kappa shape index (κ2) is 20.3. The first kappa shape index (κ1) is 30.0. The van der Waals surface area contributed by atoms with Gasteiger partial charge in [0.2, 0.25) is 0 Å². The molecule has 1 aliphatic carbocycles. The van der Waals surface area contributed by atoms with Crippen molar-refractivity contribution in [2.75, 3.05) is 13.2 Å². The van der Waals surface area contributed by atoms with Crippen LogP contribution < -0.4 is 10.6 Å². The molecule has 5 nitrogen and oxygen atoms in total. The van der Waals surface area contributed by atoms with Crippen LogP contribution in [0.3, 0.4) is 0 Å². The van der Waals surface area contributed by atoms with Crippen LogP contribution >= 0.6 is 0 Å². The van der Waals surface area contributed by atoms with Crippen molar-refractivity contribution in [3.8, 4) is 0 Å². The number of carbonyl (C=O) groups excluding carboxylic acids is 1. The summed E-state index contributed by atoms with van der Waals surface area (Å²) in [7, 11) is 0. The number of unbranched alkanes of at least 4 members (excludes halogenated alkanes) is 15. The maximum atomic E-state index is 12.1. The van der Waals surface area contributed by atoms with Gasteiger partial charge in [0, 0.05) is 6.54 Å². The van der Waals surface area contributed by atoms with Crippen LogP contribution in [0.25, 0.3) is 0 Å². The molecular formula is C28H54N2O3. The first-order chi connectivity index (χ1) is 16.1. The van der Waals surface area contributed by atoms with Gasteiger partial charge in [-0.1, -0.05) is 116 Å². The zero-order chi connectivity index (χ0) is 24.2. The number of allylic oxidation sites excluding steroid dienone is 1. The van der Waals surface area contributed by atoms with Gasteiger partial charge in [-0.25, -0.2) is 4.79 Å². The lowest BCUT2D eigenvalue weighted by molar-refractivity contribution is 0.120. The quantitative estimate of drug-likeness (QED) is 0.0990. The van der Waals surface area contributed by atoms with E-state index in [9.17, 15) is 15.0 Å². The summed E-state index contributed by atoms with van der Waals surface area (Å²) in [4.78, 5) is 12.1. The molecule has 0 bridgehead atoms. The SMILES string of the molecule is CCCCCCCCCCCCCC1=C([C@@H](O)[C@H](CO)NC(=O)NCCCCCCCC)C1. The predicted octanol–water partition coefficient (Wildman–Crippen LogP) is 6.77. The Morgan fingerprint density at radius 3 is 1.79 bits per heavy atom. The summed E-state index contributed by atoms with van der Waals surface area (Å²) in [5, 5.41) is 25.8. The van der Waals surface area contributed by atoms with E-state index in [0.29, 0.717) is 6.54 Å². The smallest absolute Gasteiger partial charge is 0.315 e. The van der Waals surface area contributed by atoms with Crippen molar-refractivity contribution >= 4 is 6.03 Å². The number of rotatable bonds is 23. The van der Waals surface area contributed by atoms with E-state index in [2.05, 4.69) is 24.5 Å². The van der Waals surface area contributed by atoms with E-state index in [0.717, 1.165) is 31.3 Å². The summed E-state index contributed by atoms with van der Waals surface area (Å²) in [5.74, 6) is 0. The molecule has 1 aliphatic rings. The Morgan fingerprint density at radius 1 is 0.788 bits per heavy atom. The van der Waals surface area contributed by atoms with Crippen LogP contribution in [0.2, 0.25) is 0 Å². The molecule has 0 aliphatic heterocycles. The first-order valence-electron chi connectivity index (χ1n) is 14.2. The number of carbonyl (C=O) groups is 1. The highest BCUT2D eigenvalue weighted by Crippen LogP contribution is 2.38. The van der Waals surface area contributed by atoms with E-state index in [1.54, 1.807) is 0 Å². The number of hydrogen-bond donors (Lipinski definition) is 4. The van der Waals surface area contributed by atoms with Gasteiger partial charge < -0.3 is 20.8 Å². The standard InChI is InChI=1S/C28H54N2O3/c1-3-5-7-9-11-12-13-14-15-16-18-20-24-22-25(24)27(32)26(23-31)30-28(33)29-21-19-17-10-8-6-4-2/h26-27,31-32H,3-23H2,1-2H3,(H2,29,30,33)/t26-,27+/m0/s1. The minimum absolute atomic E-state index is 0.249. The molecule has 0 aromatic rings. The van der Waals surface area contributed by atoms with Crippen molar-refractivity contribution in [3.63, 3.8) is 0 Å². The zero-order valence-corrected chi connectivity index (χ0v) is 21.8. The van der Waals surface area contributed by atoms with Crippen LogP contribution in [-0.4, -0.2) is 41.5 Å². The van der Waals surface area contributed by atoms with E-state index < -0.39 is 12.1 Å². The van der Waals surface area contributed by atoms with E-state index in [1.165, 1.54) is 102 Å². The molecule has 0 fully saturated rings. The number of amides is 2. The van der Waals surface area contributed by atoms with Crippen molar-refractivity contribution in [1.29, 1.82) is 0 Å². The number of aliphatic hydroxyl groups is 2. The van der Waals surface area contributed by atoms with Gasteiger partial charge in [0.1, 0.15) is 0 Å². The normalized spacial score (nSPS) is 14.9. The maximum Gasteiger partial charge on any atom is 0.315 e. The first-order valence-corrected chi connectivity index (χ1v) is 14.2. The molecule has 0 heterocycles. The Hall–Kier alpha value is -1.07. The molecule has 0 aromatic heterocycles. The second-order valence-corrected chi connectivity index (χ2v) is 9.99. The van der Waals surface area contributed by atoms with Crippen LogP contribution in [0.1, 0.15) is 136 Å². The molecule has 194 valence electrons. The molecule has 0 saturated heterocycles. The minimum atomic E-state index is -0.766. The molecule has 2 amide bonds. The van der Waals surface area contributed by atoms with Gasteiger partial charge in [-0.15, -0.1) is 0 Å². The second-order valence-electron chi connectivity index (χ2n) is 9.99. The summed E-state index contributed by atoms with van der Waals surface area (Å²) in [5.41, 5.74) is 2.35. The molecule has 5 heteroatoms. The Kier molecular flexibility index (Phi) is 18.4. The fourth-order valence-corrected chi connectivity index (χ4v) is 4.54. The molecule has 2 atom stereocenters. The van der Waals surface area contributed by atoms with E-state index in [1.807, 2.05) is 0 Å². The summed E-state index contributed by atoms with van der Waals surface area (Å²) in [6, 6.07) is -0.922. The van der Waals surface area contributed by atoms with Gasteiger partial charge in [-0.3, -0.25) is 0 Å². The third-order valence-corrected chi connectivity index (χ3v) is 6.88. The number of aliphatic hydroxyl groups excluding tert-OH is 2. The highest BCUT2D eigenvalue weighted by atomic mass is 16.3. The Morgan fingerprint density at radius 2 is 1.27 bits per heavy atom. The van der Waals surface area contributed by atoms with E-state index in [4.69, 9.17) is 0 Å². The fourth-order valence-electron chi connectivity index (χ4n) is 4.54. The summed E-state index contributed by atoms with van der Waals surface area (Å²) < 4.78 is 0. The summed E-state index contributed by atoms with van der Waals surface area (Å²) in [6.45, 7) is 4.86. The lowest BCUT2D eigenvalue weighted by atomic mass is 10.0. The van der Waals surface area contributed by atoms with Gasteiger partial charge in [0.25, 0.3) is 0 Å². The largest absolute Gasteiger partial charge is 0.394 e. The third-order valence-electron chi connectivity index (χ3n) is 6.88. The Labute approximate surface area is 204 Å². The third kappa shape index (κ3) is 15.5. The van der Waals surface area contributed by atoms with Gasteiger partial charge in [-0.05, 0) is 31.3 Å². The lowest BCUT2D eigenvalue weighted by Gasteiger charge is -2.21. The monoisotopic (exact) mass is 466 g/mol. The molecule has 33 heavy (non-hydrogen) atoms. The number of nitrogens with one attached hydrogen (secondary N) is 2. The average molecular weight is 467 g/mol. The molecule has 0 aromatic carbocycles. The lowest BCUT2D eigenvalue weighted by Crippen LogP contribution is -2.49. The topological polar surface area (TPSA) is 81.6 Å². The van der Waals surface area contributed by atoms with Crippen LogP contribution in [-0.2, 0) is 0 Å². The van der Waals surface area contributed by atoms with Crippen LogP contribution in [0, 0.1) is 0 Å². The molecule has 0 saturated carbocycles. The minimum Gasteiger partial charge on any atom is -0.394 e. The summed E-state index contributed by atoms with van der Waals surface area (Å²) in [6.07, 6.45) is 23.0. The van der Waals surface area contributed by atoms with E-state index >= 15 is 0 Å². The summed E-state index contributed by atoms with van der Waals surface area (Å²) >= 11 is 0. The van der Waals surface area contributed by atoms with Gasteiger partial charge in [0.15, 0.2) is 0 Å². The van der Waals surface area contributed by atoms with Crippen molar-refractivity contribution in [2.45, 2.75) is 148 Å². The van der Waals surface area contributed by atoms with Gasteiger partial charge in [-0.2, -0.15) is 0 Å². The van der Waals surface area contributed by atoms with Crippen molar-refractivity contribution in [1.82, 2.24) is 10.6 Å². The highest BCUT2D eigenvalue weighted by Gasteiger charge is 2.33. The van der Waals surface area contributed by atoms with E-state index in [-0.39, 0.29) is 12.6 Å². The number of hydrogen-bond acceptors (Lipinski definition) is 3. The Balaban J connectivity index is 2.08. The zero-order valence-electron chi connectivity index (χ0n) is 21.8. The van der Waals surface area contributed by atoms with Crippen molar-refractivity contribution in [2.24, 2.45) is 0 Å². The molecule has 0 radical (unpaired) electrons. The van der Waals surface area contributed by atoms with Crippen LogP contribution in [0.5, 0.6) is 0 Å². The average Bonchev–Trinajstić information content (AvgIpc) is 3.59. The molecular weight excluding hydrogens is 412 g/mol. The fraction of sp³-hybridized carbons (Fsp3) is 0.893. The van der Waals surface area contributed by atoms with Gasteiger partial charge in [0.05, 0.1) is 18.8 Å². The Bertz CT molecular complexity index is 521. The van der Waals surface area contributed by atoms with Crippen molar-refractivity contribution in [3.05, 3.63) is 11.1 Å². The molecule has 4 N–H and O–H groups in total. The molecule has 0 unspecified atom stereocenters. The molecule has 0 spiro atoms. The molecule has 1 rings (SSSR count). The maximum absolute atomic E-state index is 12.1. The van der Waals surface area contributed by atoms with Crippen LogP contribution in [0.4, 0.5) is 4.79 Å². The number of urea groups is 1. The van der Waals surface area contributed by atoms with Crippen LogP contribution in [0.15, 0.2) is 11.1 Å².